The first-order chi connectivity index (χ1) is 14.1. The molecule has 2 heterocycles. The summed E-state index contributed by atoms with van der Waals surface area (Å²) in [6.45, 7) is 4.62. The molecule has 0 spiro atoms. The standard InChI is InChI=1S/C20H29FN6O2.HI/c1-4-22-20(23-10-14-5-7-17(21)15(9-14)12-28-2)24-16-6-8-19-25-18(13-29-3)26-27(19)11-16;/h5,7,9,16H,4,6,8,10-13H2,1-3H3,(H2,22,23,24);1H. The molecule has 1 aromatic heterocycles. The van der Waals surface area contributed by atoms with Gasteiger partial charge in [-0.15, -0.1) is 24.0 Å². The van der Waals surface area contributed by atoms with Crippen LogP contribution in [0.2, 0.25) is 0 Å². The van der Waals surface area contributed by atoms with Gasteiger partial charge in [0.1, 0.15) is 18.2 Å². The van der Waals surface area contributed by atoms with Crippen molar-refractivity contribution in [2.24, 2.45) is 4.99 Å². The van der Waals surface area contributed by atoms with Crippen molar-refractivity contribution in [1.82, 2.24) is 25.4 Å². The van der Waals surface area contributed by atoms with E-state index in [-0.39, 0.29) is 42.4 Å². The zero-order valence-corrected chi connectivity index (χ0v) is 20.0. The van der Waals surface area contributed by atoms with E-state index < -0.39 is 0 Å². The molecule has 0 aliphatic carbocycles. The molecule has 1 unspecified atom stereocenters. The van der Waals surface area contributed by atoms with Gasteiger partial charge in [0.15, 0.2) is 11.8 Å². The normalized spacial score (nSPS) is 16.0. The van der Waals surface area contributed by atoms with Crippen molar-refractivity contribution in [3.05, 3.63) is 46.8 Å². The Bertz CT molecular complexity index is 845. The third kappa shape index (κ3) is 6.61. The molecule has 1 aliphatic rings. The molecule has 1 atom stereocenters. The van der Waals surface area contributed by atoms with Gasteiger partial charge in [0.2, 0.25) is 0 Å². The summed E-state index contributed by atoms with van der Waals surface area (Å²) in [4.78, 5) is 9.17. The molecule has 2 aromatic rings. The van der Waals surface area contributed by atoms with Gasteiger partial charge in [0.25, 0.3) is 0 Å². The van der Waals surface area contributed by atoms with Crippen LogP contribution in [0.15, 0.2) is 23.2 Å². The lowest BCUT2D eigenvalue weighted by atomic mass is 10.1. The average Bonchev–Trinajstić information content (AvgIpc) is 3.10. The molecule has 30 heavy (non-hydrogen) atoms. The molecule has 0 saturated carbocycles. The maximum Gasteiger partial charge on any atom is 0.191 e. The first-order valence-electron chi connectivity index (χ1n) is 9.85. The maximum atomic E-state index is 13.8. The number of halogens is 2. The minimum Gasteiger partial charge on any atom is -0.380 e. The molecular formula is C20H30FIN6O2. The fourth-order valence-electron chi connectivity index (χ4n) is 3.34. The molecule has 2 N–H and O–H groups in total. The molecule has 10 heteroatoms. The highest BCUT2D eigenvalue weighted by Gasteiger charge is 2.22. The van der Waals surface area contributed by atoms with E-state index in [1.807, 2.05) is 11.6 Å². The number of methoxy groups -OCH3 is 2. The van der Waals surface area contributed by atoms with Crippen LogP contribution in [-0.2, 0) is 42.2 Å². The predicted molar refractivity (Wildman–Crippen MR) is 123 cm³/mol. The zero-order chi connectivity index (χ0) is 20.6. The Morgan fingerprint density at radius 3 is 2.83 bits per heavy atom. The van der Waals surface area contributed by atoms with Crippen molar-refractivity contribution in [2.45, 2.75) is 52.1 Å². The van der Waals surface area contributed by atoms with Crippen molar-refractivity contribution < 1.29 is 13.9 Å². The largest absolute Gasteiger partial charge is 0.380 e. The van der Waals surface area contributed by atoms with Gasteiger partial charge in [-0.05, 0) is 31.0 Å². The summed E-state index contributed by atoms with van der Waals surface area (Å²) in [6.07, 6.45) is 1.80. The van der Waals surface area contributed by atoms with Crippen LogP contribution in [0.1, 0.15) is 36.1 Å². The third-order valence-corrected chi connectivity index (χ3v) is 4.69. The van der Waals surface area contributed by atoms with E-state index in [2.05, 4.69) is 25.7 Å². The molecule has 0 fully saturated rings. The number of hydrogen-bond acceptors (Lipinski definition) is 5. The predicted octanol–water partition coefficient (Wildman–Crippen LogP) is 2.40. The molecule has 8 nitrogen and oxygen atoms in total. The maximum absolute atomic E-state index is 13.8. The van der Waals surface area contributed by atoms with Crippen LogP contribution in [0, 0.1) is 5.82 Å². The van der Waals surface area contributed by atoms with Gasteiger partial charge in [-0.3, -0.25) is 0 Å². The van der Waals surface area contributed by atoms with Gasteiger partial charge in [-0.2, -0.15) is 5.10 Å². The number of nitrogens with one attached hydrogen (secondary N) is 2. The summed E-state index contributed by atoms with van der Waals surface area (Å²) in [6, 6.07) is 5.21. The number of ether oxygens (including phenoxy) is 2. The number of hydrogen-bond donors (Lipinski definition) is 2. The minimum atomic E-state index is -0.261. The van der Waals surface area contributed by atoms with E-state index in [4.69, 9.17) is 9.47 Å². The topological polar surface area (TPSA) is 85.6 Å². The van der Waals surface area contributed by atoms with Crippen LogP contribution in [0.5, 0.6) is 0 Å². The molecule has 0 saturated heterocycles. The first-order valence-corrected chi connectivity index (χ1v) is 9.85. The number of aliphatic imine (C=N–C) groups is 1. The summed E-state index contributed by atoms with van der Waals surface area (Å²) < 4.78 is 25.9. The quantitative estimate of drug-likeness (QED) is 0.309. The molecule has 1 aromatic carbocycles. The Morgan fingerprint density at radius 2 is 2.10 bits per heavy atom. The lowest BCUT2D eigenvalue weighted by Crippen LogP contribution is -2.47. The summed E-state index contributed by atoms with van der Waals surface area (Å²) in [5.74, 6) is 2.18. The number of nitrogens with zero attached hydrogens (tertiary/aromatic N) is 4. The van der Waals surface area contributed by atoms with Crippen LogP contribution < -0.4 is 10.6 Å². The average molecular weight is 532 g/mol. The molecule has 0 radical (unpaired) electrons. The van der Waals surface area contributed by atoms with Crippen LogP contribution in [0.4, 0.5) is 4.39 Å². The van der Waals surface area contributed by atoms with E-state index in [0.717, 1.165) is 43.3 Å². The fraction of sp³-hybridized carbons (Fsp3) is 0.550. The Hall–Kier alpha value is -1.79. The second-order valence-corrected chi connectivity index (χ2v) is 6.99. The van der Waals surface area contributed by atoms with Crippen LogP contribution in [0.3, 0.4) is 0 Å². The highest BCUT2D eigenvalue weighted by atomic mass is 127. The minimum absolute atomic E-state index is 0. The fourth-order valence-corrected chi connectivity index (χ4v) is 3.34. The Morgan fingerprint density at radius 1 is 1.30 bits per heavy atom. The number of benzene rings is 1. The molecule has 0 bridgehead atoms. The van der Waals surface area contributed by atoms with Crippen LogP contribution in [0.25, 0.3) is 0 Å². The Balaban J connectivity index is 0.00000320. The van der Waals surface area contributed by atoms with E-state index in [0.29, 0.717) is 24.5 Å². The van der Waals surface area contributed by atoms with E-state index in [9.17, 15) is 4.39 Å². The highest BCUT2D eigenvalue weighted by Crippen LogP contribution is 2.14. The summed E-state index contributed by atoms with van der Waals surface area (Å²) in [5, 5.41) is 11.3. The van der Waals surface area contributed by atoms with Crippen molar-refractivity contribution in [1.29, 1.82) is 0 Å². The number of aryl methyl sites for hydroxylation is 1. The van der Waals surface area contributed by atoms with Crippen LogP contribution in [-0.4, -0.2) is 47.5 Å². The smallest absolute Gasteiger partial charge is 0.191 e. The molecule has 0 amide bonds. The van der Waals surface area contributed by atoms with Gasteiger partial charge in [-0.1, -0.05) is 6.07 Å². The number of fused-ring (bicyclic) bond motifs is 1. The Kier molecular flexibility index (Phi) is 9.92. The third-order valence-electron chi connectivity index (χ3n) is 4.69. The molecule has 3 rings (SSSR count). The summed E-state index contributed by atoms with van der Waals surface area (Å²) in [7, 11) is 3.20. The molecular weight excluding hydrogens is 502 g/mol. The monoisotopic (exact) mass is 532 g/mol. The van der Waals surface area contributed by atoms with Gasteiger partial charge in [0.05, 0.1) is 19.7 Å². The number of aromatic nitrogens is 3. The SMILES string of the molecule is CCNC(=NCc1ccc(F)c(COC)c1)NC1CCc2nc(COC)nn2C1.I. The van der Waals surface area contributed by atoms with E-state index >= 15 is 0 Å². The second kappa shape index (κ2) is 12.2. The lowest BCUT2D eigenvalue weighted by Gasteiger charge is -2.25. The van der Waals surface area contributed by atoms with Gasteiger partial charge < -0.3 is 20.1 Å². The summed E-state index contributed by atoms with van der Waals surface area (Å²) in [5.41, 5.74) is 1.47. The van der Waals surface area contributed by atoms with Gasteiger partial charge in [0, 0.05) is 38.8 Å². The first kappa shape index (κ1) is 24.5. The van der Waals surface area contributed by atoms with Gasteiger partial charge in [-0.25, -0.2) is 19.0 Å². The van der Waals surface area contributed by atoms with Gasteiger partial charge >= 0.3 is 0 Å². The van der Waals surface area contributed by atoms with Crippen molar-refractivity contribution in [3.63, 3.8) is 0 Å². The second-order valence-electron chi connectivity index (χ2n) is 6.99. The zero-order valence-electron chi connectivity index (χ0n) is 17.7. The molecule has 1 aliphatic heterocycles. The van der Waals surface area contributed by atoms with Crippen molar-refractivity contribution in [2.75, 3.05) is 20.8 Å². The van der Waals surface area contributed by atoms with E-state index in [1.165, 1.54) is 6.07 Å². The summed E-state index contributed by atoms with van der Waals surface area (Å²) >= 11 is 0. The van der Waals surface area contributed by atoms with Crippen molar-refractivity contribution >= 4 is 29.9 Å². The van der Waals surface area contributed by atoms with Crippen LogP contribution >= 0.6 is 24.0 Å². The number of rotatable bonds is 8. The molecule has 166 valence electrons. The van der Waals surface area contributed by atoms with E-state index in [1.54, 1.807) is 26.4 Å². The highest BCUT2D eigenvalue weighted by molar-refractivity contribution is 14.0. The lowest BCUT2D eigenvalue weighted by molar-refractivity contribution is 0.177. The Labute approximate surface area is 193 Å². The number of guanidine groups is 1. The van der Waals surface area contributed by atoms with Crippen molar-refractivity contribution in [3.8, 4) is 0 Å².